The number of benzene rings is 2. The third kappa shape index (κ3) is 2.68. The lowest BCUT2D eigenvalue weighted by Crippen LogP contribution is -2.58. The molecule has 1 saturated heterocycles. The number of piperidine rings is 1. The Labute approximate surface area is 163 Å². The van der Waals surface area contributed by atoms with E-state index in [1.54, 1.807) is 7.11 Å². The standard InChI is InChI=1S/C21H22ClN3O2/c1-26-19-4-2-3-16-18-13-17(14-5-7-15(22)8-6-14)24-25(18)21(27-20(16)19)9-11-23-12-10-21/h2-8,18,23H,9-13H2,1H3. The first-order valence-electron chi connectivity index (χ1n) is 9.40. The predicted molar refractivity (Wildman–Crippen MR) is 106 cm³/mol. The van der Waals surface area contributed by atoms with Gasteiger partial charge in [-0.05, 0) is 23.8 Å². The van der Waals surface area contributed by atoms with Crippen molar-refractivity contribution < 1.29 is 9.47 Å². The highest BCUT2D eigenvalue weighted by Crippen LogP contribution is 2.52. The van der Waals surface area contributed by atoms with Crippen LogP contribution in [0.4, 0.5) is 0 Å². The molecule has 2 aromatic carbocycles. The van der Waals surface area contributed by atoms with Gasteiger partial charge in [-0.3, -0.25) is 0 Å². The summed E-state index contributed by atoms with van der Waals surface area (Å²) in [5, 5.41) is 11.4. The number of hydrogen-bond donors (Lipinski definition) is 1. The van der Waals surface area contributed by atoms with Crippen molar-refractivity contribution in [3.63, 3.8) is 0 Å². The molecular weight excluding hydrogens is 362 g/mol. The van der Waals surface area contributed by atoms with Crippen molar-refractivity contribution in [3.05, 3.63) is 58.6 Å². The number of hydrazone groups is 1. The quantitative estimate of drug-likeness (QED) is 0.852. The van der Waals surface area contributed by atoms with Gasteiger partial charge in [0.05, 0.1) is 18.9 Å². The number of rotatable bonds is 2. The average Bonchev–Trinajstić information content (AvgIpc) is 3.16. The zero-order valence-corrected chi connectivity index (χ0v) is 16.0. The monoisotopic (exact) mass is 383 g/mol. The van der Waals surface area contributed by atoms with E-state index < -0.39 is 5.72 Å². The number of nitrogens with zero attached hydrogens (tertiary/aromatic N) is 2. The fraction of sp³-hybridized carbons (Fsp3) is 0.381. The van der Waals surface area contributed by atoms with Crippen LogP contribution < -0.4 is 14.8 Å². The van der Waals surface area contributed by atoms with Gasteiger partial charge in [0.2, 0.25) is 5.72 Å². The molecule has 3 heterocycles. The molecule has 1 unspecified atom stereocenters. The lowest BCUT2D eigenvalue weighted by Gasteiger charge is -2.49. The van der Waals surface area contributed by atoms with Crippen LogP contribution in [0.15, 0.2) is 47.6 Å². The van der Waals surface area contributed by atoms with E-state index >= 15 is 0 Å². The molecule has 0 amide bonds. The molecule has 0 aliphatic carbocycles. The van der Waals surface area contributed by atoms with Crippen molar-refractivity contribution >= 4 is 17.3 Å². The van der Waals surface area contributed by atoms with Crippen molar-refractivity contribution in [2.45, 2.75) is 31.0 Å². The van der Waals surface area contributed by atoms with E-state index in [2.05, 4.69) is 16.4 Å². The van der Waals surface area contributed by atoms with Gasteiger partial charge in [-0.1, -0.05) is 35.9 Å². The van der Waals surface area contributed by atoms with Gasteiger partial charge in [0.1, 0.15) is 0 Å². The Morgan fingerprint density at radius 1 is 1.19 bits per heavy atom. The van der Waals surface area contributed by atoms with Crippen LogP contribution in [0.3, 0.4) is 0 Å². The summed E-state index contributed by atoms with van der Waals surface area (Å²) in [6.45, 7) is 1.83. The zero-order valence-electron chi connectivity index (χ0n) is 15.2. The summed E-state index contributed by atoms with van der Waals surface area (Å²) >= 11 is 6.07. The Morgan fingerprint density at radius 2 is 1.96 bits per heavy atom. The van der Waals surface area contributed by atoms with Crippen LogP contribution in [-0.4, -0.2) is 36.6 Å². The van der Waals surface area contributed by atoms with Gasteiger partial charge >= 0.3 is 0 Å². The first-order valence-corrected chi connectivity index (χ1v) is 9.77. The summed E-state index contributed by atoms with van der Waals surface area (Å²) in [5.41, 5.74) is 2.91. The predicted octanol–water partition coefficient (Wildman–Crippen LogP) is 3.97. The van der Waals surface area contributed by atoms with Gasteiger partial charge in [-0.2, -0.15) is 5.10 Å². The van der Waals surface area contributed by atoms with Gasteiger partial charge < -0.3 is 14.8 Å². The van der Waals surface area contributed by atoms with Gasteiger partial charge in [0.25, 0.3) is 0 Å². The molecule has 0 aromatic heterocycles. The van der Waals surface area contributed by atoms with Crippen LogP contribution in [0, 0.1) is 0 Å². The van der Waals surface area contributed by atoms with E-state index in [0.29, 0.717) is 0 Å². The molecule has 27 heavy (non-hydrogen) atoms. The second kappa shape index (κ2) is 6.43. The van der Waals surface area contributed by atoms with Crippen LogP contribution in [-0.2, 0) is 0 Å². The maximum absolute atomic E-state index is 6.63. The minimum Gasteiger partial charge on any atom is -0.493 e. The SMILES string of the molecule is COc1cccc2c1OC1(CCNCC1)N1N=C(c3ccc(Cl)cc3)CC21. The molecule has 1 N–H and O–H groups in total. The lowest BCUT2D eigenvalue weighted by atomic mass is 9.91. The Kier molecular flexibility index (Phi) is 4.02. The van der Waals surface area contributed by atoms with Gasteiger partial charge in [0.15, 0.2) is 11.5 Å². The molecule has 1 atom stereocenters. The first kappa shape index (κ1) is 16.9. The number of para-hydroxylation sites is 1. The first-order chi connectivity index (χ1) is 13.2. The number of ether oxygens (including phenoxy) is 2. The summed E-state index contributed by atoms with van der Waals surface area (Å²) in [4.78, 5) is 0. The van der Waals surface area contributed by atoms with E-state index in [9.17, 15) is 0 Å². The maximum Gasteiger partial charge on any atom is 0.200 e. The van der Waals surface area contributed by atoms with E-state index in [-0.39, 0.29) is 6.04 Å². The second-order valence-corrected chi connectivity index (χ2v) is 7.73. The summed E-state index contributed by atoms with van der Waals surface area (Å²) in [5.74, 6) is 1.67. The Hall–Kier alpha value is -2.24. The topological polar surface area (TPSA) is 46.1 Å². The molecule has 2 aromatic rings. The third-order valence-electron chi connectivity index (χ3n) is 5.77. The molecule has 140 valence electrons. The maximum atomic E-state index is 6.63. The molecule has 0 radical (unpaired) electrons. The highest BCUT2D eigenvalue weighted by Gasteiger charge is 2.51. The molecule has 0 bridgehead atoms. The Balaban J connectivity index is 1.61. The minimum absolute atomic E-state index is 0.160. The Bertz CT molecular complexity index is 891. The van der Waals surface area contributed by atoms with Crippen LogP contribution in [0.2, 0.25) is 5.02 Å². The van der Waals surface area contributed by atoms with Gasteiger partial charge in [-0.25, -0.2) is 5.01 Å². The minimum atomic E-state index is -0.425. The van der Waals surface area contributed by atoms with E-state index in [1.165, 1.54) is 0 Å². The molecule has 1 spiro atoms. The van der Waals surface area contributed by atoms with Crippen molar-refractivity contribution in [2.24, 2.45) is 5.10 Å². The molecular formula is C21H22ClN3O2. The summed E-state index contributed by atoms with van der Waals surface area (Å²) in [6.07, 6.45) is 2.62. The number of hydrogen-bond acceptors (Lipinski definition) is 5. The van der Waals surface area contributed by atoms with Crippen LogP contribution >= 0.6 is 11.6 Å². The smallest absolute Gasteiger partial charge is 0.200 e. The van der Waals surface area contributed by atoms with Crippen molar-refractivity contribution in [2.75, 3.05) is 20.2 Å². The molecule has 5 rings (SSSR count). The van der Waals surface area contributed by atoms with E-state index in [4.69, 9.17) is 26.2 Å². The normalized spacial score (nSPS) is 22.7. The highest BCUT2D eigenvalue weighted by molar-refractivity contribution is 6.30. The summed E-state index contributed by atoms with van der Waals surface area (Å²) < 4.78 is 12.2. The third-order valence-corrected chi connectivity index (χ3v) is 6.02. The molecule has 3 aliphatic heterocycles. The largest absolute Gasteiger partial charge is 0.493 e. The molecule has 3 aliphatic rings. The van der Waals surface area contributed by atoms with Crippen LogP contribution in [0.5, 0.6) is 11.5 Å². The van der Waals surface area contributed by atoms with Gasteiger partial charge in [0, 0.05) is 42.9 Å². The van der Waals surface area contributed by atoms with E-state index in [1.807, 2.05) is 36.4 Å². The molecule has 5 nitrogen and oxygen atoms in total. The zero-order chi connectivity index (χ0) is 18.4. The van der Waals surface area contributed by atoms with E-state index in [0.717, 1.165) is 65.7 Å². The number of nitrogens with one attached hydrogen (secondary N) is 1. The molecule has 1 fully saturated rings. The molecule has 6 heteroatoms. The second-order valence-electron chi connectivity index (χ2n) is 7.29. The summed E-state index contributed by atoms with van der Waals surface area (Å²) in [7, 11) is 1.70. The average molecular weight is 384 g/mol. The summed E-state index contributed by atoms with van der Waals surface area (Å²) in [6, 6.07) is 14.2. The van der Waals surface area contributed by atoms with Crippen molar-refractivity contribution in [1.29, 1.82) is 0 Å². The fourth-order valence-corrected chi connectivity index (χ4v) is 4.52. The van der Waals surface area contributed by atoms with Gasteiger partial charge in [-0.15, -0.1) is 0 Å². The number of fused-ring (bicyclic) bond motifs is 4. The number of methoxy groups -OCH3 is 1. The van der Waals surface area contributed by atoms with Crippen molar-refractivity contribution in [3.8, 4) is 11.5 Å². The van der Waals surface area contributed by atoms with Crippen molar-refractivity contribution in [1.82, 2.24) is 10.3 Å². The van der Waals surface area contributed by atoms with Crippen LogP contribution in [0.25, 0.3) is 0 Å². The lowest BCUT2D eigenvalue weighted by molar-refractivity contribution is -0.137. The molecule has 0 saturated carbocycles. The Morgan fingerprint density at radius 3 is 2.70 bits per heavy atom. The highest BCUT2D eigenvalue weighted by atomic mass is 35.5. The fourth-order valence-electron chi connectivity index (χ4n) is 4.40. The number of halogens is 1. The van der Waals surface area contributed by atoms with Crippen LogP contribution in [0.1, 0.15) is 36.4 Å².